The standard InChI is InChI=1S/C13H11ClN4/c1-8-5-16-13-17-12(7-18(13)6-8)9-2-3-10(14)11(15)4-9/h2-7H,15H2,1H3. The lowest BCUT2D eigenvalue weighted by Gasteiger charge is -2.00. The number of hydrogen-bond acceptors (Lipinski definition) is 3. The predicted octanol–water partition coefficient (Wildman–Crippen LogP) is 2.94. The van der Waals surface area contributed by atoms with E-state index in [0.29, 0.717) is 16.5 Å². The topological polar surface area (TPSA) is 56.2 Å². The monoisotopic (exact) mass is 258 g/mol. The van der Waals surface area contributed by atoms with Crippen molar-refractivity contribution in [2.45, 2.75) is 6.92 Å². The van der Waals surface area contributed by atoms with Crippen molar-refractivity contribution in [3.05, 3.63) is 47.4 Å². The second-order valence-electron chi connectivity index (χ2n) is 4.20. The molecule has 0 amide bonds. The Morgan fingerprint density at radius 2 is 2.11 bits per heavy atom. The quantitative estimate of drug-likeness (QED) is 0.683. The zero-order valence-electron chi connectivity index (χ0n) is 9.76. The number of aryl methyl sites for hydroxylation is 1. The van der Waals surface area contributed by atoms with Gasteiger partial charge in [-0.25, -0.2) is 9.97 Å². The van der Waals surface area contributed by atoms with Crippen LogP contribution in [0.1, 0.15) is 5.56 Å². The van der Waals surface area contributed by atoms with Gasteiger partial charge in [0.15, 0.2) is 0 Å². The van der Waals surface area contributed by atoms with Crippen LogP contribution in [-0.4, -0.2) is 14.4 Å². The summed E-state index contributed by atoms with van der Waals surface area (Å²) in [5.74, 6) is 0.670. The molecule has 0 spiro atoms. The van der Waals surface area contributed by atoms with Crippen molar-refractivity contribution < 1.29 is 0 Å². The van der Waals surface area contributed by atoms with Crippen molar-refractivity contribution >= 4 is 23.1 Å². The molecule has 0 saturated carbocycles. The molecule has 3 rings (SSSR count). The molecule has 18 heavy (non-hydrogen) atoms. The lowest BCUT2D eigenvalue weighted by atomic mass is 10.1. The first-order chi connectivity index (χ1) is 8.63. The molecular weight excluding hydrogens is 248 g/mol. The van der Waals surface area contributed by atoms with E-state index in [1.165, 1.54) is 0 Å². The van der Waals surface area contributed by atoms with Crippen LogP contribution in [0.4, 0.5) is 5.69 Å². The van der Waals surface area contributed by atoms with E-state index in [-0.39, 0.29) is 0 Å². The highest BCUT2D eigenvalue weighted by atomic mass is 35.5. The SMILES string of the molecule is Cc1cnc2nc(-c3ccc(Cl)c(N)c3)cn2c1. The van der Waals surface area contributed by atoms with E-state index in [1.54, 1.807) is 12.3 Å². The molecule has 0 fully saturated rings. The average molecular weight is 259 g/mol. The Morgan fingerprint density at radius 3 is 2.89 bits per heavy atom. The molecule has 0 unspecified atom stereocenters. The largest absolute Gasteiger partial charge is 0.398 e. The molecule has 4 nitrogen and oxygen atoms in total. The minimum atomic E-state index is 0.551. The molecule has 90 valence electrons. The van der Waals surface area contributed by atoms with Crippen molar-refractivity contribution in [1.82, 2.24) is 14.4 Å². The molecule has 2 heterocycles. The Kier molecular flexibility index (Phi) is 2.45. The summed E-state index contributed by atoms with van der Waals surface area (Å²) in [7, 11) is 0. The highest BCUT2D eigenvalue weighted by Gasteiger charge is 2.06. The summed E-state index contributed by atoms with van der Waals surface area (Å²) in [6.07, 6.45) is 5.71. The van der Waals surface area contributed by atoms with Crippen LogP contribution >= 0.6 is 11.6 Å². The summed E-state index contributed by atoms with van der Waals surface area (Å²) in [5, 5.41) is 0.552. The van der Waals surface area contributed by atoms with E-state index in [4.69, 9.17) is 17.3 Å². The van der Waals surface area contributed by atoms with Crippen molar-refractivity contribution in [2.24, 2.45) is 0 Å². The third-order valence-electron chi connectivity index (χ3n) is 2.73. The predicted molar refractivity (Wildman–Crippen MR) is 72.6 cm³/mol. The molecule has 1 aromatic carbocycles. The molecule has 0 aliphatic heterocycles. The smallest absolute Gasteiger partial charge is 0.234 e. The minimum Gasteiger partial charge on any atom is -0.398 e. The van der Waals surface area contributed by atoms with E-state index in [2.05, 4.69) is 9.97 Å². The fraction of sp³-hybridized carbons (Fsp3) is 0.0769. The van der Waals surface area contributed by atoms with Crippen LogP contribution in [-0.2, 0) is 0 Å². The van der Waals surface area contributed by atoms with Gasteiger partial charge in [-0.1, -0.05) is 17.7 Å². The normalized spacial score (nSPS) is 11.0. The maximum atomic E-state index is 5.90. The Labute approximate surface area is 109 Å². The molecular formula is C13H11ClN4. The number of nitrogen functional groups attached to an aromatic ring is 1. The Balaban J connectivity index is 2.16. The van der Waals surface area contributed by atoms with E-state index < -0.39 is 0 Å². The van der Waals surface area contributed by atoms with Gasteiger partial charge >= 0.3 is 0 Å². The fourth-order valence-electron chi connectivity index (χ4n) is 1.83. The maximum Gasteiger partial charge on any atom is 0.234 e. The molecule has 5 heteroatoms. The van der Waals surface area contributed by atoms with Crippen molar-refractivity contribution in [3.63, 3.8) is 0 Å². The third kappa shape index (κ3) is 1.80. The third-order valence-corrected chi connectivity index (χ3v) is 3.08. The van der Waals surface area contributed by atoms with Gasteiger partial charge in [0.25, 0.3) is 0 Å². The molecule has 0 aliphatic rings. The van der Waals surface area contributed by atoms with Crippen molar-refractivity contribution in [3.8, 4) is 11.3 Å². The fourth-order valence-corrected chi connectivity index (χ4v) is 1.95. The molecule has 0 bridgehead atoms. The summed E-state index contributed by atoms with van der Waals surface area (Å²) < 4.78 is 1.90. The maximum absolute atomic E-state index is 5.90. The Morgan fingerprint density at radius 1 is 1.28 bits per heavy atom. The van der Waals surface area contributed by atoms with Gasteiger partial charge in [0, 0.05) is 24.2 Å². The average Bonchev–Trinajstić information content (AvgIpc) is 2.75. The van der Waals surface area contributed by atoms with Gasteiger partial charge in [-0.3, -0.25) is 4.40 Å². The second kappa shape index (κ2) is 3.99. The number of aromatic nitrogens is 3. The lowest BCUT2D eigenvalue weighted by Crippen LogP contribution is -1.87. The summed E-state index contributed by atoms with van der Waals surface area (Å²) in [6.45, 7) is 1.99. The van der Waals surface area contributed by atoms with E-state index >= 15 is 0 Å². The van der Waals surface area contributed by atoms with Gasteiger partial charge in [-0.2, -0.15) is 0 Å². The number of nitrogens with zero attached hydrogens (tertiary/aromatic N) is 3. The zero-order chi connectivity index (χ0) is 12.7. The molecule has 2 aromatic heterocycles. The number of benzene rings is 1. The van der Waals surface area contributed by atoms with Gasteiger partial charge in [0.2, 0.25) is 5.78 Å². The van der Waals surface area contributed by atoms with Crippen LogP contribution in [0.15, 0.2) is 36.8 Å². The Bertz CT molecular complexity index is 733. The summed E-state index contributed by atoms with van der Waals surface area (Å²) in [4.78, 5) is 8.71. The van der Waals surface area contributed by atoms with Gasteiger partial charge in [0.1, 0.15) is 0 Å². The summed E-state index contributed by atoms with van der Waals surface area (Å²) >= 11 is 5.90. The molecule has 2 N–H and O–H groups in total. The van der Waals surface area contributed by atoms with Crippen LogP contribution in [0.3, 0.4) is 0 Å². The first kappa shape index (κ1) is 11.0. The number of imidazole rings is 1. The summed E-state index contributed by atoms with van der Waals surface area (Å²) in [5.41, 5.74) is 9.19. The van der Waals surface area contributed by atoms with E-state index in [0.717, 1.165) is 16.8 Å². The molecule has 0 saturated heterocycles. The van der Waals surface area contributed by atoms with Crippen molar-refractivity contribution in [2.75, 3.05) is 5.73 Å². The first-order valence-electron chi connectivity index (χ1n) is 5.50. The van der Waals surface area contributed by atoms with E-state index in [1.807, 2.05) is 35.9 Å². The molecule has 0 radical (unpaired) electrons. The lowest BCUT2D eigenvalue weighted by molar-refractivity contribution is 1.08. The number of rotatable bonds is 1. The molecule has 3 aromatic rings. The van der Waals surface area contributed by atoms with Gasteiger partial charge < -0.3 is 5.73 Å². The van der Waals surface area contributed by atoms with Gasteiger partial charge in [-0.15, -0.1) is 0 Å². The Hall–Kier alpha value is -2.07. The second-order valence-corrected chi connectivity index (χ2v) is 4.61. The van der Waals surface area contributed by atoms with Crippen LogP contribution < -0.4 is 5.73 Å². The number of hydrogen-bond donors (Lipinski definition) is 1. The van der Waals surface area contributed by atoms with Crippen LogP contribution in [0.25, 0.3) is 17.0 Å². The van der Waals surface area contributed by atoms with Crippen molar-refractivity contribution in [1.29, 1.82) is 0 Å². The van der Waals surface area contributed by atoms with Crippen LogP contribution in [0.2, 0.25) is 5.02 Å². The number of anilines is 1. The highest BCUT2D eigenvalue weighted by molar-refractivity contribution is 6.33. The van der Waals surface area contributed by atoms with Gasteiger partial charge in [0.05, 0.1) is 16.4 Å². The zero-order valence-corrected chi connectivity index (χ0v) is 10.5. The molecule has 0 atom stereocenters. The van der Waals surface area contributed by atoms with Crippen LogP contribution in [0.5, 0.6) is 0 Å². The van der Waals surface area contributed by atoms with E-state index in [9.17, 15) is 0 Å². The minimum absolute atomic E-state index is 0.551. The number of halogens is 1. The van der Waals surface area contributed by atoms with Crippen LogP contribution in [0, 0.1) is 6.92 Å². The highest BCUT2D eigenvalue weighted by Crippen LogP contribution is 2.26. The first-order valence-corrected chi connectivity index (χ1v) is 5.88. The molecule has 0 aliphatic carbocycles. The summed E-state index contributed by atoms with van der Waals surface area (Å²) in [6, 6.07) is 5.49. The number of nitrogens with two attached hydrogens (primary N) is 1. The van der Waals surface area contributed by atoms with Gasteiger partial charge in [-0.05, 0) is 24.6 Å². The number of fused-ring (bicyclic) bond motifs is 1.